The second kappa shape index (κ2) is 8.22. The molecule has 0 saturated heterocycles. The molecule has 1 aliphatic rings. The van der Waals surface area contributed by atoms with E-state index in [9.17, 15) is 4.79 Å². The van der Waals surface area contributed by atoms with Crippen molar-refractivity contribution in [2.45, 2.75) is 6.92 Å². The number of hydrogen-bond acceptors (Lipinski definition) is 6. The van der Waals surface area contributed by atoms with Crippen LogP contribution in [0, 0.1) is 6.92 Å². The van der Waals surface area contributed by atoms with Crippen molar-refractivity contribution in [3.05, 3.63) is 72.1 Å². The molecule has 28 heavy (non-hydrogen) atoms. The average Bonchev–Trinajstić information content (AvgIpc) is 3.21. The highest BCUT2D eigenvalue weighted by Gasteiger charge is 2.13. The normalized spacial score (nSPS) is 13.1. The van der Waals surface area contributed by atoms with Crippen LogP contribution in [0.25, 0.3) is 11.3 Å². The Labute approximate surface area is 167 Å². The minimum Gasteiger partial charge on any atom is -0.340 e. The predicted molar refractivity (Wildman–Crippen MR) is 114 cm³/mol. The van der Waals surface area contributed by atoms with Crippen molar-refractivity contribution in [2.75, 3.05) is 17.6 Å². The molecule has 0 bridgehead atoms. The molecule has 1 aliphatic heterocycles. The number of rotatable bonds is 4. The Balaban J connectivity index is 1.54. The van der Waals surface area contributed by atoms with Gasteiger partial charge < -0.3 is 10.6 Å². The lowest BCUT2D eigenvalue weighted by Crippen LogP contribution is -2.27. The topological polar surface area (TPSA) is 79.3 Å². The van der Waals surface area contributed by atoms with Gasteiger partial charge in [-0.1, -0.05) is 48.2 Å². The number of amidine groups is 1. The third-order valence-corrected chi connectivity index (χ3v) is 5.00. The summed E-state index contributed by atoms with van der Waals surface area (Å²) in [6, 6.07) is 19.2. The van der Waals surface area contributed by atoms with Gasteiger partial charge in [-0.3, -0.25) is 9.79 Å². The zero-order chi connectivity index (χ0) is 19.3. The molecule has 0 aliphatic carbocycles. The Hall–Kier alpha value is -3.19. The number of aromatic nitrogens is 2. The summed E-state index contributed by atoms with van der Waals surface area (Å²) in [6.07, 6.45) is 0. The molecule has 3 aromatic rings. The summed E-state index contributed by atoms with van der Waals surface area (Å²) in [5, 5.41) is 6.81. The molecule has 6 nitrogen and oxygen atoms in total. The highest BCUT2D eigenvalue weighted by Crippen LogP contribution is 2.22. The largest absolute Gasteiger partial charge is 0.340 e. The maximum absolute atomic E-state index is 12.4. The fourth-order valence-corrected chi connectivity index (χ4v) is 3.58. The van der Waals surface area contributed by atoms with Crippen LogP contribution in [-0.2, 0) is 0 Å². The molecule has 4 rings (SSSR count). The van der Waals surface area contributed by atoms with Crippen LogP contribution in [0.5, 0.6) is 0 Å². The molecule has 1 aromatic heterocycles. The van der Waals surface area contributed by atoms with E-state index in [0.717, 1.165) is 29.2 Å². The second-order valence-corrected chi connectivity index (χ2v) is 7.33. The van der Waals surface area contributed by atoms with Gasteiger partial charge in [-0.25, -0.2) is 9.97 Å². The fourth-order valence-electron chi connectivity index (χ4n) is 2.85. The first kappa shape index (κ1) is 18.2. The van der Waals surface area contributed by atoms with Gasteiger partial charge >= 0.3 is 0 Å². The van der Waals surface area contributed by atoms with Crippen LogP contribution in [0.3, 0.4) is 0 Å². The van der Waals surface area contributed by atoms with E-state index in [1.54, 1.807) is 23.9 Å². The van der Waals surface area contributed by atoms with E-state index in [1.807, 2.05) is 55.5 Å². The molecule has 2 aromatic carbocycles. The van der Waals surface area contributed by atoms with Crippen LogP contribution in [0.4, 0.5) is 11.5 Å². The number of aliphatic imine (C=N–C) groups is 1. The first-order chi connectivity index (χ1) is 13.7. The Morgan fingerprint density at radius 3 is 2.68 bits per heavy atom. The monoisotopic (exact) mass is 389 g/mol. The number of carbonyl (C=O) groups excluding carboxylic acids is 1. The van der Waals surface area contributed by atoms with Gasteiger partial charge in [-0.15, -0.1) is 0 Å². The zero-order valence-electron chi connectivity index (χ0n) is 15.3. The number of benzene rings is 2. The molecular weight excluding hydrogens is 370 g/mol. The molecule has 0 spiro atoms. The molecule has 7 heteroatoms. The van der Waals surface area contributed by atoms with Crippen molar-refractivity contribution in [3.63, 3.8) is 0 Å². The maximum atomic E-state index is 12.4. The lowest BCUT2D eigenvalue weighted by molar-refractivity contribution is 0.0978. The first-order valence-corrected chi connectivity index (χ1v) is 9.93. The van der Waals surface area contributed by atoms with Crippen LogP contribution in [0.2, 0.25) is 0 Å². The third-order valence-electron chi connectivity index (χ3n) is 4.11. The standard InChI is InChI=1S/C21H19N5OS/c1-14-23-18(15-6-3-2-4-7-15)13-19(24-14)25-17-9-5-8-16(12-17)20(27)26-21-22-10-11-28-21/h2-9,12-13H,10-11H2,1H3,(H,22,26,27)(H,23,24,25). The van der Waals surface area contributed by atoms with E-state index in [-0.39, 0.29) is 5.91 Å². The van der Waals surface area contributed by atoms with E-state index in [2.05, 4.69) is 25.6 Å². The van der Waals surface area contributed by atoms with Gasteiger partial charge in [-0.2, -0.15) is 0 Å². The SMILES string of the molecule is Cc1nc(Nc2cccc(C(=O)NC3=NCCS3)c2)cc(-c2ccccc2)n1. The predicted octanol–water partition coefficient (Wildman–Crippen LogP) is 4.03. The van der Waals surface area contributed by atoms with Gasteiger partial charge in [0.1, 0.15) is 11.6 Å². The van der Waals surface area contributed by atoms with Crippen molar-refractivity contribution >= 4 is 34.3 Å². The molecule has 140 valence electrons. The van der Waals surface area contributed by atoms with Gasteiger partial charge in [0.25, 0.3) is 5.91 Å². The Kier molecular flexibility index (Phi) is 5.34. The second-order valence-electron chi connectivity index (χ2n) is 6.25. The summed E-state index contributed by atoms with van der Waals surface area (Å²) in [6.45, 7) is 2.61. The molecule has 2 heterocycles. The summed E-state index contributed by atoms with van der Waals surface area (Å²) in [4.78, 5) is 25.7. The Morgan fingerprint density at radius 1 is 1.04 bits per heavy atom. The lowest BCUT2D eigenvalue weighted by atomic mass is 10.1. The molecule has 0 fully saturated rings. The molecule has 0 saturated carbocycles. The third kappa shape index (κ3) is 4.37. The highest BCUT2D eigenvalue weighted by atomic mass is 32.2. The number of nitrogens with one attached hydrogen (secondary N) is 2. The summed E-state index contributed by atoms with van der Waals surface area (Å²) in [5.41, 5.74) is 3.22. The number of amides is 1. The summed E-state index contributed by atoms with van der Waals surface area (Å²) in [5.74, 6) is 2.10. The molecular formula is C21H19N5OS. The Morgan fingerprint density at radius 2 is 1.89 bits per heavy atom. The van der Waals surface area contributed by atoms with Crippen molar-refractivity contribution in [1.29, 1.82) is 0 Å². The van der Waals surface area contributed by atoms with Gasteiger partial charge in [0.05, 0.1) is 12.2 Å². The number of aryl methyl sites for hydroxylation is 1. The van der Waals surface area contributed by atoms with E-state index in [1.165, 1.54) is 0 Å². The summed E-state index contributed by atoms with van der Waals surface area (Å²) >= 11 is 1.56. The fraction of sp³-hybridized carbons (Fsp3) is 0.143. The number of thioether (sulfide) groups is 1. The zero-order valence-corrected chi connectivity index (χ0v) is 16.2. The highest BCUT2D eigenvalue weighted by molar-refractivity contribution is 8.14. The van der Waals surface area contributed by atoms with Crippen LogP contribution in [0.15, 0.2) is 65.7 Å². The average molecular weight is 389 g/mol. The van der Waals surface area contributed by atoms with Crippen molar-refractivity contribution in [3.8, 4) is 11.3 Å². The number of nitrogens with zero attached hydrogens (tertiary/aromatic N) is 3. The quantitative estimate of drug-likeness (QED) is 0.704. The van der Waals surface area contributed by atoms with Gasteiger partial charge in [-0.05, 0) is 25.1 Å². The van der Waals surface area contributed by atoms with E-state index < -0.39 is 0 Å². The van der Waals surface area contributed by atoms with Gasteiger partial charge in [0.15, 0.2) is 5.17 Å². The van der Waals surface area contributed by atoms with Gasteiger partial charge in [0.2, 0.25) is 0 Å². The maximum Gasteiger partial charge on any atom is 0.257 e. The van der Waals surface area contributed by atoms with Crippen LogP contribution < -0.4 is 10.6 Å². The van der Waals surface area contributed by atoms with E-state index in [0.29, 0.717) is 22.4 Å². The summed E-state index contributed by atoms with van der Waals surface area (Å²) in [7, 11) is 0. The Bertz CT molecular complexity index is 1040. The molecule has 0 radical (unpaired) electrons. The molecule has 0 atom stereocenters. The van der Waals surface area contributed by atoms with Crippen LogP contribution in [0.1, 0.15) is 16.2 Å². The van der Waals surface area contributed by atoms with E-state index in [4.69, 9.17) is 0 Å². The number of carbonyl (C=O) groups is 1. The van der Waals surface area contributed by atoms with Crippen molar-refractivity contribution in [1.82, 2.24) is 15.3 Å². The molecule has 2 N–H and O–H groups in total. The molecule has 0 unspecified atom stereocenters. The van der Waals surface area contributed by atoms with Crippen LogP contribution >= 0.6 is 11.8 Å². The van der Waals surface area contributed by atoms with Gasteiger partial charge in [0, 0.05) is 28.6 Å². The van der Waals surface area contributed by atoms with E-state index >= 15 is 0 Å². The van der Waals surface area contributed by atoms with Crippen molar-refractivity contribution in [2.24, 2.45) is 4.99 Å². The minimum atomic E-state index is -0.166. The van der Waals surface area contributed by atoms with Crippen LogP contribution in [-0.4, -0.2) is 33.3 Å². The number of anilines is 2. The summed E-state index contributed by atoms with van der Waals surface area (Å²) < 4.78 is 0. The smallest absolute Gasteiger partial charge is 0.257 e. The molecule has 1 amide bonds. The first-order valence-electron chi connectivity index (χ1n) is 8.94. The lowest BCUT2D eigenvalue weighted by Gasteiger charge is -2.10. The minimum absolute atomic E-state index is 0.166. The van der Waals surface area contributed by atoms with Crippen molar-refractivity contribution < 1.29 is 4.79 Å². The number of hydrogen-bond donors (Lipinski definition) is 2.